The number of nitrogens with two attached hydrogens (primary N) is 1. The molecule has 18 heavy (non-hydrogen) atoms. The number of carbonyl (C=O) groups excluding carboxylic acids is 1. The van der Waals surface area contributed by atoms with Gasteiger partial charge in [-0.2, -0.15) is 0 Å². The Bertz CT molecular complexity index is 390. The number of hydrogen-bond acceptors (Lipinski definition) is 3. The standard InChI is InChI=1S/C13H19BrN2O2/c1-3-4-8-16-13(17)9(2)18-12-10(14)6-5-7-11(12)15/h5-7,9H,3-4,8,15H2,1-2H3,(H,16,17). The molecule has 0 aliphatic rings. The Kier molecular flexibility index (Phi) is 5.98. The number of rotatable bonds is 6. The molecule has 0 fully saturated rings. The van der Waals surface area contributed by atoms with Crippen LogP contribution in [0.4, 0.5) is 5.69 Å². The maximum atomic E-state index is 11.8. The first-order valence-electron chi connectivity index (χ1n) is 6.04. The van der Waals surface area contributed by atoms with Gasteiger partial charge in [-0.15, -0.1) is 0 Å². The molecule has 0 heterocycles. The first-order chi connectivity index (χ1) is 8.56. The van der Waals surface area contributed by atoms with Crippen molar-refractivity contribution in [1.82, 2.24) is 5.32 Å². The number of hydrogen-bond donors (Lipinski definition) is 2. The third-order valence-electron chi connectivity index (χ3n) is 2.49. The van der Waals surface area contributed by atoms with E-state index in [0.29, 0.717) is 18.0 Å². The number of amides is 1. The predicted octanol–water partition coefficient (Wildman–Crippen LogP) is 2.71. The third kappa shape index (κ3) is 4.22. The maximum Gasteiger partial charge on any atom is 0.260 e. The molecule has 0 saturated carbocycles. The summed E-state index contributed by atoms with van der Waals surface area (Å²) in [7, 11) is 0. The molecule has 100 valence electrons. The fourth-order valence-electron chi connectivity index (χ4n) is 1.41. The van der Waals surface area contributed by atoms with E-state index in [4.69, 9.17) is 10.5 Å². The number of benzene rings is 1. The van der Waals surface area contributed by atoms with Crippen LogP contribution in [0, 0.1) is 0 Å². The molecule has 1 atom stereocenters. The Morgan fingerprint density at radius 2 is 2.28 bits per heavy atom. The molecule has 0 aliphatic carbocycles. The number of carbonyl (C=O) groups is 1. The van der Waals surface area contributed by atoms with Crippen molar-refractivity contribution < 1.29 is 9.53 Å². The van der Waals surface area contributed by atoms with Crippen LogP contribution < -0.4 is 15.8 Å². The van der Waals surface area contributed by atoms with Crippen molar-refractivity contribution in [3.8, 4) is 5.75 Å². The summed E-state index contributed by atoms with van der Waals surface area (Å²) in [4.78, 5) is 11.8. The van der Waals surface area contributed by atoms with E-state index < -0.39 is 6.10 Å². The lowest BCUT2D eigenvalue weighted by atomic mass is 10.3. The fourth-order valence-corrected chi connectivity index (χ4v) is 1.89. The highest BCUT2D eigenvalue weighted by molar-refractivity contribution is 9.10. The van der Waals surface area contributed by atoms with Crippen molar-refractivity contribution in [3.05, 3.63) is 22.7 Å². The zero-order chi connectivity index (χ0) is 13.5. The minimum absolute atomic E-state index is 0.126. The fraction of sp³-hybridized carbons (Fsp3) is 0.462. The Morgan fingerprint density at radius 1 is 1.56 bits per heavy atom. The number of nitrogens with one attached hydrogen (secondary N) is 1. The van der Waals surface area contributed by atoms with Gasteiger partial charge in [-0.3, -0.25) is 4.79 Å². The first kappa shape index (κ1) is 14.8. The number of para-hydroxylation sites is 1. The van der Waals surface area contributed by atoms with Gasteiger partial charge in [0.05, 0.1) is 10.2 Å². The highest BCUT2D eigenvalue weighted by Gasteiger charge is 2.16. The smallest absolute Gasteiger partial charge is 0.260 e. The Morgan fingerprint density at radius 3 is 2.89 bits per heavy atom. The summed E-state index contributed by atoms with van der Waals surface area (Å²) in [6.45, 7) is 4.46. The summed E-state index contributed by atoms with van der Waals surface area (Å²) in [5.74, 6) is 0.384. The number of nitrogen functional groups attached to an aromatic ring is 1. The second kappa shape index (κ2) is 7.26. The normalized spacial score (nSPS) is 11.9. The van der Waals surface area contributed by atoms with Crippen molar-refractivity contribution in [2.75, 3.05) is 12.3 Å². The number of anilines is 1. The SMILES string of the molecule is CCCCNC(=O)C(C)Oc1c(N)cccc1Br. The predicted molar refractivity (Wildman–Crippen MR) is 76.6 cm³/mol. The molecule has 1 unspecified atom stereocenters. The summed E-state index contributed by atoms with van der Waals surface area (Å²) < 4.78 is 6.33. The Balaban J connectivity index is 2.58. The third-order valence-corrected chi connectivity index (χ3v) is 3.12. The van der Waals surface area contributed by atoms with Crippen LogP contribution in [0.2, 0.25) is 0 Å². The summed E-state index contributed by atoms with van der Waals surface area (Å²) in [5, 5.41) is 2.82. The highest BCUT2D eigenvalue weighted by atomic mass is 79.9. The van der Waals surface area contributed by atoms with Crippen LogP contribution in [0.5, 0.6) is 5.75 Å². The van der Waals surface area contributed by atoms with Crippen molar-refractivity contribution in [2.45, 2.75) is 32.8 Å². The van der Waals surface area contributed by atoms with E-state index in [1.807, 2.05) is 12.1 Å². The van der Waals surface area contributed by atoms with Crippen LogP contribution in [-0.4, -0.2) is 18.6 Å². The molecular weight excluding hydrogens is 296 g/mol. The average molecular weight is 315 g/mol. The van der Waals surface area contributed by atoms with E-state index in [0.717, 1.165) is 17.3 Å². The van der Waals surface area contributed by atoms with Crippen LogP contribution in [0.15, 0.2) is 22.7 Å². The van der Waals surface area contributed by atoms with E-state index in [1.54, 1.807) is 13.0 Å². The van der Waals surface area contributed by atoms with Gasteiger partial charge in [-0.25, -0.2) is 0 Å². The van der Waals surface area contributed by atoms with Gasteiger partial charge >= 0.3 is 0 Å². The molecule has 0 radical (unpaired) electrons. The highest BCUT2D eigenvalue weighted by Crippen LogP contribution is 2.31. The molecule has 1 aromatic rings. The quantitative estimate of drug-likeness (QED) is 0.627. The van der Waals surface area contributed by atoms with Crippen molar-refractivity contribution in [3.63, 3.8) is 0 Å². The minimum atomic E-state index is -0.567. The van der Waals surface area contributed by atoms with E-state index in [9.17, 15) is 4.79 Å². The number of halogens is 1. The van der Waals surface area contributed by atoms with Gasteiger partial charge in [0, 0.05) is 6.54 Å². The molecule has 1 rings (SSSR count). The lowest BCUT2D eigenvalue weighted by Crippen LogP contribution is -2.36. The Hall–Kier alpha value is -1.23. The van der Waals surface area contributed by atoms with Gasteiger partial charge in [0.15, 0.2) is 11.9 Å². The molecule has 0 saturated heterocycles. The Labute approximate surface area is 116 Å². The lowest BCUT2D eigenvalue weighted by Gasteiger charge is -2.17. The minimum Gasteiger partial charge on any atom is -0.478 e. The van der Waals surface area contributed by atoms with Gasteiger partial charge in [-0.05, 0) is 41.4 Å². The zero-order valence-electron chi connectivity index (χ0n) is 10.7. The van der Waals surface area contributed by atoms with E-state index in [1.165, 1.54) is 0 Å². The van der Waals surface area contributed by atoms with Crippen LogP contribution in [0.25, 0.3) is 0 Å². The van der Waals surface area contributed by atoms with Crippen LogP contribution >= 0.6 is 15.9 Å². The monoisotopic (exact) mass is 314 g/mol. The molecule has 0 aliphatic heterocycles. The summed E-state index contributed by atoms with van der Waals surface area (Å²) >= 11 is 3.35. The molecule has 0 spiro atoms. The van der Waals surface area contributed by atoms with Crippen molar-refractivity contribution >= 4 is 27.5 Å². The molecule has 0 bridgehead atoms. The second-order valence-electron chi connectivity index (χ2n) is 4.06. The van der Waals surface area contributed by atoms with Crippen LogP contribution in [-0.2, 0) is 4.79 Å². The van der Waals surface area contributed by atoms with E-state index >= 15 is 0 Å². The number of ether oxygens (including phenoxy) is 1. The van der Waals surface area contributed by atoms with Crippen LogP contribution in [0.1, 0.15) is 26.7 Å². The molecule has 0 aromatic heterocycles. The molecule has 3 N–H and O–H groups in total. The molecular formula is C13H19BrN2O2. The lowest BCUT2D eigenvalue weighted by molar-refractivity contribution is -0.127. The van der Waals surface area contributed by atoms with Gasteiger partial charge < -0.3 is 15.8 Å². The van der Waals surface area contributed by atoms with Gasteiger partial charge in [-0.1, -0.05) is 19.4 Å². The van der Waals surface area contributed by atoms with Gasteiger partial charge in [0.2, 0.25) is 0 Å². The zero-order valence-corrected chi connectivity index (χ0v) is 12.3. The molecule has 4 nitrogen and oxygen atoms in total. The van der Waals surface area contributed by atoms with Gasteiger partial charge in [0.25, 0.3) is 5.91 Å². The summed E-state index contributed by atoms with van der Waals surface area (Å²) in [5.41, 5.74) is 6.32. The number of unbranched alkanes of at least 4 members (excludes halogenated alkanes) is 1. The van der Waals surface area contributed by atoms with Crippen LogP contribution in [0.3, 0.4) is 0 Å². The van der Waals surface area contributed by atoms with Gasteiger partial charge in [0.1, 0.15) is 0 Å². The first-order valence-corrected chi connectivity index (χ1v) is 6.84. The molecule has 1 amide bonds. The molecule has 1 aromatic carbocycles. The van der Waals surface area contributed by atoms with Crippen molar-refractivity contribution in [1.29, 1.82) is 0 Å². The van der Waals surface area contributed by atoms with E-state index in [2.05, 4.69) is 28.2 Å². The summed E-state index contributed by atoms with van der Waals surface area (Å²) in [6, 6.07) is 5.38. The van der Waals surface area contributed by atoms with E-state index in [-0.39, 0.29) is 5.91 Å². The molecule has 5 heteroatoms. The topological polar surface area (TPSA) is 64.3 Å². The second-order valence-corrected chi connectivity index (χ2v) is 4.92. The average Bonchev–Trinajstić information content (AvgIpc) is 2.34. The maximum absolute atomic E-state index is 11.8. The van der Waals surface area contributed by atoms with Crippen molar-refractivity contribution in [2.24, 2.45) is 0 Å². The summed E-state index contributed by atoms with van der Waals surface area (Å²) in [6.07, 6.45) is 1.45. The largest absolute Gasteiger partial charge is 0.478 e.